The first-order valence-corrected chi connectivity index (χ1v) is 19.2. The Bertz CT molecular complexity index is 1450. The van der Waals surface area contributed by atoms with E-state index in [1.807, 2.05) is 58.0 Å². The number of benzene rings is 1. The molecule has 0 radical (unpaired) electrons. The summed E-state index contributed by atoms with van der Waals surface area (Å²) in [5.74, 6) is -5.26. The predicted molar refractivity (Wildman–Crippen MR) is 202 cm³/mol. The zero-order chi connectivity index (χ0) is 39.6. The van der Waals surface area contributed by atoms with E-state index in [0.717, 1.165) is 5.56 Å². The quantitative estimate of drug-likeness (QED) is 0.210. The van der Waals surface area contributed by atoms with Gasteiger partial charge in [0.25, 0.3) is 5.91 Å². The van der Waals surface area contributed by atoms with E-state index in [2.05, 4.69) is 11.9 Å². The lowest BCUT2D eigenvalue weighted by atomic mass is 9.94. The van der Waals surface area contributed by atoms with E-state index >= 15 is 0 Å². The van der Waals surface area contributed by atoms with Gasteiger partial charge in [-0.15, -0.1) is 6.58 Å². The monoisotopic (exact) mass is 738 g/mol. The van der Waals surface area contributed by atoms with Crippen molar-refractivity contribution in [1.82, 2.24) is 20.0 Å². The van der Waals surface area contributed by atoms with Gasteiger partial charge in [0.15, 0.2) is 6.10 Å². The molecule has 0 unspecified atom stereocenters. The Morgan fingerprint density at radius 3 is 2.08 bits per heavy atom. The summed E-state index contributed by atoms with van der Waals surface area (Å²) in [6.07, 6.45) is 2.67. The van der Waals surface area contributed by atoms with Gasteiger partial charge in [0.2, 0.25) is 17.7 Å². The smallest absolute Gasteiger partial charge is 0.329 e. The van der Waals surface area contributed by atoms with Crippen molar-refractivity contribution in [3.8, 4) is 0 Å². The lowest BCUT2D eigenvalue weighted by Crippen LogP contribution is -2.58. The highest BCUT2D eigenvalue weighted by Crippen LogP contribution is 2.27. The van der Waals surface area contributed by atoms with Gasteiger partial charge in [0.05, 0.1) is 5.92 Å². The minimum absolute atomic E-state index is 0.0559. The van der Waals surface area contributed by atoms with E-state index in [1.165, 1.54) is 28.8 Å². The van der Waals surface area contributed by atoms with Crippen LogP contribution in [0, 0.1) is 23.7 Å². The fourth-order valence-corrected chi connectivity index (χ4v) is 7.35. The maximum atomic E-state index is 14.5. The zero-order valence-corrected chi connectivity index (χ0v) is 33.2. The second kappa shape index (κ2) is 19.7. The molecule has 0 aliphatic carbocycles. The molecular formula is C41H62N4O8. The lowest BCUT2D eigenvalue weighted by molar-refractivity contribution is -0.170. The van der Waals surface area contributed by atoms with Crippen molar-refractivity contribution in [2.45, 2.75) is 130 Å². The Morgan fingerprint density at radius 1 is 0.868 bits per heavy atom. The number of ether oxygens (including phenoxy) is 2. The molecule has 2 heterocycles. The van der Waals surface area contributed by atoms with Crippen LogP contribution in [-0.4, -0.2) is 107 Å². The molecule has 1 aromatic carbocycles. The molecule has 0 aromatic heterocycles. The first-order chi connectivity index (χ1) is 25.0. The van der Waals surface area contributed by atoms with Gasteiger partial charge < -0.3 is 29.5 Å². The highest BCUT2D eigenvalue weighted by molar-refractivity contribution is 5.95. The highest BCUT2D eigenvalue weighted by Gasteiger charge is 2.45. The van der Waals surface area contributed by atoms with Crippen LogP contribution in [0.2, 0.25) is 0 Å². The van der Waals surface area contributed by atoms with Crippen molar-refractivity contribution in [3.05, 3.63) is 48.6 Å². The molecule has 2 fully saturated rings. The Hall–Kier alpha value is -4.22. The number of esters is 2. The number of allylic oxidation sites excluding steroid dienone is 1. The van der Waals surface area contributed by atoms with Gasteiger partial charge in [-0.05, 0) is 55.4 Å². The topological polar surface area (TPSA) is 143 Å². The van der Waals surface area contributed by atoms with Crippen LogP contribution in [0.5, 0.6) is 0 Å². The van der Waals surface area contributed by atoms with Gasteiger partial charge in [0, 0.05) is 27.1 Å². The summed E-state index contributed by atoms with van der Waals surface area (Å²) >= 11 is 0. The minimum Gasteiger partial charge on any atom is -0.460 e. The SMILES string of the molecule is C=CCCC[C@@H]1OC(=O)[C@H](C(C)C)N(C)C(=O)[C@@H]2CCCN2C(=O)[C@H](Cc2ccccc2)OC(=O)[C@H]([C@@H](C)CC)N(C)C(=O)[C@H](C(C)C)NC(=O)[C@@H]1C. The van der Waals surface area contributed by atoms with E-state index in [9.17, 15) is 28.8 Å². The van der Waals surface area contributed by atoms with Crippen LogP contribution >= 0.6 is 0 Å². The van der Waals surface area contributed by atoms with Crippen LogP contribution in [-0.2, 0) is 44.7 Å². The summed E-state index contributed by atoms with van der Waals surface area (Å²) in [5, 5.41) is 2.89. The fraction of sp³-hybridized carbons (Fsp3) is 0.659. The van der Waals surface area contributed by atoms with Gasteiger partial charge in [-0.1, -0.05) is 91.3 Å². The zero-order valence-electron chi connectivity index (χ0n) is 33.2. The summed E-state index contributed by atoms with van der Waals surface area (Å²) in [5.41, 5.74) is 0.753. The summed E-state index contributed by atoms with van der Waals surface area (Å²) in [7, 11) is 3.05. The fourth-order valence-electron chi connectivity index (χ4n) is 7.35. The molecule has 2 aliphatic rings. The number of cyclic esters (lactones) is 2. The van der Waals surface area contributed by atoms with Crippen molar-refractivity contribution in [2.24, 2.45) is 23.7 Å². The van der Waals surface area contributed by atoms with E-state index in [4.69, 9.17) is 9.47 Å². The molecule has 8 atom stereocenters. The number of nitrogens with one attached hydrogen (secondary N) is 1. The average molecular weight is 739 g/mol. The molecule has 294 valence electrons. The second-order valence-corrected chi connectivity index (χ2v) is 15.4. The van der Waals surface area contributed by atoms with Crippen LogP contribution in [0.15, 0.2) is 43.0 Å². The maximum Gasteiger partial charge on any atom is 0.329 e. The van der Waals surface area contributed by atoms with E-state index in [0.29, 0.717) is 38.5 Å². The number of rotatable bonds is 10. The van der Waals surface area contributed by atoms with Gasteiger partial charge in [-0.3, -0.25) is 19.2 Å². The molecule has 12 nitrogen and oxygen atoms in total. The third kappa shape index (κ3) is 10.7. The van der Waals surface area contributed by atoms with Crippen LogP contribution in [0.1, 0.15) is 92.6 Å². The first kappa shape index (κ1) is 43.2. The van der Waals surface area contributed by atoms with Crippen molar-refractivity contribution in [3.63, 3.8) is 0 Å². The van der Waals surface area contributed by atoms with E-state index in [-0.39, 0.29) is 30.7 Å². The van der Waals surface area contributed by atoms with Crippen molar-refractivity contribution in [1.29, 1.82) is 0 Å². The number of carbonyl (C=O) groups excluding carboxylic acids is 6. The number of unbranched alkanes of at least 4 members (excludes halogenated alkanes) is 1. The van der Waals surface area contributed by atoms with Crippen molar-refractivity contribution >= 4 is 35.6 Å². The average Bonchev–Trinajstić information content (AvgIpc) is 3.61. The predicted octanol–water partition coefficient (Wildman–Crippen LogP) is 4.55. The van der Waals surface area contributed by atoms with Crippen LogP contribution in [0.25, 0.3) is 0 Å². The Morgan fingerprint density at radius 2 is 1.49 bits per heavy atom. The van der Waals surface area contributed by atoms with Crippen LogP contribution < -0.4 is 5.32 Å². The molecular weight excluding hydrogens is 676 g/mol. The largest absolute Gasteiger partial charge is 0.460 e. The summed E-state index contributed by atoms with van der Waals surface area (Å²) in [6.45, 7) is 16.7. The number of hydrogen-bond donors (Lipinski definition) is 1. The number of hydrogen-bond acceptors (Lipinski definition) is 8. The molecule has 1 aromatic rings. The summed E-state index contributed by atoms with van der Waals surface area (Å²) < 4.78 is 12.2. The Balaban J connectivity index is 2.18. The molecule has 3 rings (SSSR count). The first-order valence-electron chi connectivity index (χ1n) is 19.2. The molecule has 2 aliphatic heterocycles. The number of carbonyl (C=O) groups is 6. The molecule has 1 N–H and O–H groups in total. The van der Waals surface area contributed by atoms with E-state index < -0.39 is 77.9 Å². The van der Waals surface area contributed by atoms with Gasteiger partial charge in [-0.25, -0.2) is 9.59 Å². The number of amides is 4. The highest BCUT2D eigenvalue weighted by atomic mass is 16.6. The van der Waals surface area contributed by atoms with Gasteiger partial charge in [0.1, 0.15) is 30.3 Å². The number of fused-ring (bicyclic) bond motifs is 1. The van der Waals surface area contributed by atoms with Gasteiger partial charge in [-0.2, -0.15) is 0 Å². The molecule has 0 saturated carbocycles. The second-order valence-electron chi connectivity index (χ2n) is 15.4. The van der Waals surface area contributed by atoms with Crippen LogP contribution in [0.4, 0.5) is 0 Å². The maximum absolute atomic E-state index is 14.5. The van der Waals surface area contributed by atoms with Crippen LogP contribution in [0.3, 0.4) is 0 Å². The summed E-state index contributed by atoms with van der Waals surface area (Å²) in [6, 6.07) is 5.18. The number of nitrogens with zero attached hydrogens (tertiary/aromatic N) is 3. The molecule has 2 saturated heterocycles. The molecule has 0 spiro atoms. The van der Waals surface area contributed by atoms with Crippen molar-refractivity contribution < 1.29 is 38.2 Å². The van der Waals surface area contributed by atoms with Gasteiger partial charge >= 0.3 is 11.9 Å². The third-order valence-corrected chi connectivity index (χ3v) is 10.8. The summed E-state index contributed by atoms with van der Waals surface area (Å²) in [4.78, 5) is 89.3. The molecule has 0 bridgehead atoms. The normalized spacial score (nSPS) is 27.8. The molecule has 53 heavy (non-hydrogen) atoms. The van der Waals surface area contributed by atoms with Crippen molar-refractivity contribution in [2.75, 3.05) is 20.6 Å². The Kier molecular flexibility index (Phi) is 16.1. The third-order valence-electron chi connectivity index (χ3n) is 10.8. The number of likely N-dealkylation sites (N-methyl/N-ethyl adjacent to an activating group) is 2. The standard InChI is InChI=1S/C41H62N4O8/c1-11-13-15-22-31-28(8)36(46)42-33(25(3)4)39(49)44(10)35(27(7)12-2)41(51)53-32(24-29-19-16-14-17-20-29)38(48)45-23-18-21-30(45)37(47)43(9)34(26(5)6)40(50)52-31/h11,14,16-17,19-20,25-28,30-35H,1,12-13,15,18,21-24H2,2-10H3,(H,42,46)/t27-,28+,30-,31-,32-,33-,34-,35-/m0/s1. The lowest BCUT2D eigenvalue weighted by Gasteiger charge is -2.36. The van der Waals surface area contributed by atoms with E-state index in [1.54, 1.807) is 26.8 Å². The Labute approximate surface area is 316 Å². The molecule has 12 heteroatoms. The molecule has 4 amide bonds. The minimum atomic E-state index is -1.29.